The zero-order chi connectivity index (χ0) is 39.6. The van der Waals surface area contributed by atoms with Crippen LogP contribution >= 0.6 is 23.4 Å². The van der Waals surface area contributed by atoms with Gasteiger partial charge >= 0.3 is 0 Å². The molecule has 57 heavy (non-hydrogen) atoms. The van der Waals surface area contributed by atoms with Crippen molar-refractivity contribution in [3.05, 3.63) is 143 Å². The Kier molecular flexibility index (Phi) is 13.9. The van der Waals surface area contributed by atoms with E-state index in [1.165, 1.54) is 28.9 Å². The van der Waals surface area contributed by atoms with Crippen LogP contribution in [0.4, 0.5) is 11.4 Å². The van der Waals surface area contributed by atoms with Crippen LogP contribution in [0.1, 0.15) is 40.7 Å². The van der Waals surface area contributed by atoms with Gasteiger partial charge in [-0.15, -0.1) is 11.8 Å². The van der Waals surface area contributed by atoms with Crippen molar-refractivity contribution in [2.45, 2.75) is 48.6 Å². The number of hydrazine groups is 1. The van der Waals surface area contributed by atoms with Crippen molar-refractivity contribution in [2.24, 2.45) is 0 Å². The Morgan fingerprint density at radius 3 is 2.23 bits per heavy atom. The van der Waals surface area contributed by atoms with Gasteiger partial charge in [0.05, 0.1) is 4.90 Å². The number of benzene rings is 5. The molecule has 0 saturated carbocycles. The van der Waals surface area contributed by atoms with Gasteiger partial charge in [-0.05, 0) is 115 Å². The van der Waals surface area contributed by atoms with Gasteiger partial charge in [0.15, 0.2) is 0 Å². The van der Waals surface area contributed by atoms with Gasteiger partial charge in [-0.1, -0.05) is 66.2 Å². The van der Waals surface area contributed by atoms with Crippen molar-refractivity contribution in [3.8, 4) is 11.1 Å². The molecule has 2 aliphatic heterocycles. The molecule has 0 bridgehead atoms. The Balaban J connectivity index is 0.921. The number of hydrogen-bond acceptors (Lipinski definition) is 9. The normalized spacial score (nSPS) is 15.7. The molecule has 0 radical (unpaired) electrons. The molecule has 0 unspecified atom stereocenters. The van der Waals surface area contributed by atoms with Crippen LogP contribution in [0.2, 0.25) is 5.02 Å². The van der Waals surface area contributed by atoms with E-state index in [4.69, 9.17) is 11.6 Å². The first-order valence-electron chi connectivity index (χ1n) is 19.7. The van der Waals surface area contributed by atoms with Gasteiger partial charge in [0.25, 0.3) is 15.9 Å². The van der Waals surface area contributed by atoms with E-state index in [9.17, 15) is 13.2 Å². The molecule has 9 nitrogen and oxygen atoms in total. The fraction of sp³-hybridized carbons (Fsp3) is 0.311. The topological polar surface area (TPSA) is 97.0 Å². The van der Waals surface area contributed by atoms with Crippen molar-refractivity contribution < 1.29 is 13.2 Å². The second-order valence-corrected chi connectivity index (χ2v) is 18.0. The largest absolute Gasteiger partial charge is 0.381 e. The lowest BCUT2D eigenvalue weighted by Crippen LogP contribution is -2.46. The third-order valence-electron chi connectivity index (χ3n) is 10.7. The lowest BCUT2D eigenvalue weighted by atomic mass is 9.99. The average molecular weight is 824 g/mol. The van der Waals surface area contributed by atoms with Crippen molar-refractivity contribution >= 4 is 50.7 Å². The number of nitrogens with one attached hydrogen (secondary N) is 3. The molecule has 0 aromatic heterocycles. The zero-order valence-corrected chi connectivity index (χ0v) is 34.8. The number of hydrogen-bond donors (Lipinski definition) is 3. The van der Waals surface area contributed by atoms with Gasteiger partial charge in [-0.3, -0.25) is 15.1 Å². The summed E-state index contributed by atoms with van der Waals surface area (Å²) < 4.78 is 29.2. The van der Waals surface area contributed by atoms with E-state index in [1.807, 2.05) is 49.4 Å². The van der Waals surface area contributed by atoms with Crippen LogP contribution < -0.4 is 20.4 Å². The van der Waals surface area contributed by atoms with E-state index in [2.05, 4.69) is 78.8 Å². The molecule has 1 amide bonds. The van der Waals surface area contributed by atoms with Crippen LogP contribution in [-0.4, -0.2) is 81.8 Å². The molecule has 2 saturated heterocycles. The second-order valence-electron chi connectivity index (χ2n) is 14.7. The summed E-state index contributed by atoms with van der Waals surface area (Å²) in [6.45, 7) is 9.23. The zero-order valence-electron chi connectivity index (χ0n) is 32.4. The summed E-state index contributed by atoms with van der Waals surface area (Å²) in [5, 5.41) is 6.69. The average Bonchev–Trinajstić information content (AvgIpc) is 3.75. The number of carbonyl (C=O) groups excluding carboxylic acids is 1. The molecule has 298 valence electrons. The minimum Gasteiger partial charge on any atom is -0.381 e. The smallest absolute Gasteiger partial charge is 0.264 e. The second kappa shape index (κ2) is 19.4. The van der Waals surface area contributed by atoms with Gasteiger partial charge < -0.3 is 10.2 Å². The molecular weight excluding hydrogens is 772 g/mol. The van der Waals surface area contributed by atoms with E-state index < -0.39 is 15.9 Å². The minimum atomic E-state index is -4.10. The van der Waals surface area contributed by atoms with E-state index in [0.717, 1.165) is 92.1 Å². The predicted molar refractivity (Wildman–Crippen MR) is 235 cm³/mol. The van der Waals surface area contributed by atoms with Crippen LogP contribution in [0.25, 0.3) is 11.1 Å². The maximum atomic E-state index is 13.4. The molecule has 5 aromatic rings. The Bertz CT molecular complexity index is 2190. The Morgan fingerprint density at radius 2 is 1.51 bits per heavy atom. The summed E-state index contributed by atoms with van der Waals surface area (Å²) in [7, 11) is -4.10. The standard InChI is InChI=1S/C45H51ClN6O3S2/c1-34-31-42(21-22-44(34)48-39(23-24-47-52-25-7-8-26-52)33-56-41-10-3-2-4-11-41)57(54,55)49-45(53)36-15-19-40(20-16-36)51-29-27-50(28-30-51)32-37-9-5-6-12-43(37)35-13-17-38(46)18-14-35/h2-6,9-22,31,39,47-48H,7-8,23-30,32-33H2,1H3,(H,49,53)/t39-/m1/s1. The van der Waals surface area contributed by atoms with Crippen LogP contribution in [0, 0.1) is 6.92 Å². The molecule has 0 spiro atoms. The van der Waals surface area contributed by atoms with Crippen molar-refractivity contribution in [1.29, 1.82) is 0 Å². The van der Waals surface area contributed by atoms with Crippen molar-refractivity contribution in [2.75, 3.05) is 61.8 Å². The Labute approximate surface area is 346 Å². The number of halogens is 1. The van der Waals surface area contributed by atoms with Gasteiger partial charge in [0.2, 0.25) is 0 Å². The van der Waals surface area contributed by atoms with E-state index in [1.54, 1.807) is 42.1 Å². The first-order chi connectivity index (χ1) is 27.7. The quantitative estimate of drug-likeness (QED) is 0.0850. The van der Waals surface area contributed by atoms with Crippen LogP contribution in [0.3, 0.4) is 0 Å². The molecule has 2 fully saturated rings. The third-order valence-corrected chi connectivity index (χ3v) is 13.4. The van der Waals surface area contributed by atoms with E-state index >= 15 is 0 Å². The molecule has 2 aliphatic rings. The molecular formula is C45H51ClN6O3S2. The van der Waals surface area contributed by atoms with Crippen molar-refractivity contribution in [1.82, 2.24) is 20.1 Å². The monoisotopic (exact) mass is 822 g/mol. The summed E-state index contributed by atoms with van der Waals surface area (Å²) in [5.74, 6) is 0.200. The van der Waals surface area contributed by atoms with Gasteiger partial charge in [0.1, 0.15) is 0 Å². The van der Waals surface area contributed by atoms with Gasteiger partial charge in [-0.25, -0.2) is 18.1 Å². The number of amides is 1. The number of aryl methyl sites for hydroxylation is 1. The maximum Gasteiger partial charge on any atom is 0.264 e. The first-order valence-corrected chi connectivity index (χ1v) is 22.6. The van der Waals surface area contributed by atoms with Crippen molar-refractivity contribution in [3.63, 3.8) is 0 Å². The van der Waals surface area contributed by atoms with Crippen LogP contribution in [0.15, 0.2) is 131 Å². The fourth-order valence-electron chi connectivity index (χ4n) is 7.41. The molecule has 7 rings (SSSR count). The number of sulfonamides is 1. The van der Waals surface area contributed by atoms with E-state index in [0.29, 0.717) is 0 Å². The van der Waals surface area contributed by atoms with Crippen LogP contribution in [0.5, 0.6) is 0 Å². The van der Waals surface area contributed by atoms with Gasteiger partial charge in [-0.2, -0.15) is 0 Å². The summed E-state index contributed by atoms with van der Waals surface area (Å²) in [5.41, 5.74) is 10.2. The van der Waals surface area contributed by atoms with Gasteiger partial charge in [0, 0.05) is 91.0 Å². The lowest BCUT2D eigenvalue weighted by molar-refractivity contribution is 0.0981. The van der Waals surface area contributed by atoms with E-state index in [-0.39, 0.29) is 16.5 Å². The summed E-state index contributed by atoms with van der Waals surface area (Å²) in [4.78, 5) is 19.2. The highest BCUT2D eigenvalue weighted by Gasteiger charge is 2.23. The highest BCUT2D eigenvalue weighted by molar-refractivity contribution is 7.99. The van der Waals surface area contributed by atoms with Crippen LogP contribution in [-0.2, 0) is 16.6 Å². The predicted octanol–water partition coefficient (Wildman–Crippen LogP) is 8.32. The SMILES string of the molecule is Cc1cc(S(=O)(=O)NC(=O)c2ccc(N3CCN(Cc4ccccc4-c4ccc(Cl)cc4)CC3)cc2)ccc1N[C@H](CCNN1CCCC1)CSc1ccccc1. The number of nitrogens with zero attached hydrogens (tertiary/aromatic N) is 3. The summed E-state index contributed by atoms with van der Waals surface area (Å²) in [6.07, 6.45) is 3.35. The molecule has 5 aromatic carbocycles. The highest BCUT2D eigenvalue weighted by Crippen LogP contribution is 2.28. The first kappa shape index (κ1) is 40.8. The number of piperazine rings is 1. The minimum absolute atomic E-state index is 0.0510. The molecule has 1 atom stereocenters. The number of rotatable bonds is 16. The highest BCUT2D eigenvalue weighted by atomic mass is 35.5. The Morgan fingerprint density at radius 1 is 0.807 bits per heavy atom. The lowest BCUT2D eigenvalue weighted by Gasteiger charge is -2.36. The Hall–Kier alpha value is -4.36. The molecule has 12 heteroatoms. The summed E-state index contributed by atoms with van der Waals surface area (Å²) in [6, 6.07) is 39.2. The molecule has 2 heterocycles. The number of carbonyl (C=O) groups is 1. The maximum absolute atomic E-state index is 13.4. The fourth-order valence-corrected chi connectivity index (χ4v) is 9.58. The third kappa shape index (κ3) is 11.2. The summed E-state index contributed by atoms with van der Waals surface area (Å²) >= 11 is 7.93. The molecule has 3 N–H and O–H groups in total. The number of anilines is 2. The molecule has 0 aliphatic carbocycles. The number of thioether (sulfide) groups is 1.